The molecule has 1 aliphatic heterocycles. The van der Waals surface area contributed by atoms with E-state index in [1.165, 1.54) is 33.7 Å². The zero-order chi connectivity index (χ0) is 20.4. The van der Waals surface area contributed by atoms with Crippen LogP contribution in [0.1, 0.15) is 19.8 Å². The fourth-order valence-corrected chi connectivity index (χ4v) is 6.33. The second kappa shape index (κ2) is 8.39. The van der Waals surface area contributed by atoms with Gasteiger partial charge in [0, 0.05) is 24.2 Å². The van der Waals surface area contributed by atoms with E-state index in [9.17, 15) is 13.2 Å². The summed E-state index contributed by atoms with van der Waals surface area (Å²) in [4.78, 5) is 22.2. The highest BCUT2D eigenvalue weighted by Gasteiger charge is 2.27. The van der Waals surface area contributed by atoms with Gasteiger partial charge in [-0.1, -0.05) is 11.8 Å². The molecule has 3 aromatic rings. The maximum atomic E-state index is 12.6. The number of nitrogens with one attached hydrogen (secondary N) is 1. The van der Waals surface area contributed by atoms with Crippen molar-refractivity contribution in [1.29, 1.82) is 0 Å². The van der Waals surface area contributed by atoms with Crippen molar-refractivity contribution in [3.8, 4) is 0 Å². The zero-order valence-corrected chi connectivity index (χ0v) is 18.2. The summed E-state index contributed by atoms with van der Waals surface area (Å²) in [6.45, 7) is 2.94. The van der Waals surface area contributed by atoms with Gasteiger partial charge in [0.1, 0.15) is 16.2 Å². The average molecular weight is 449 g/mol. The topological polar surface area (TPSA) is 92.3 Å². The van der Waals surface area contributed by atoms with Crippen molar-refractivity contribution in [3.05, 3.63) is 42.0 Å². The van der Waals surface area contributed by atoms with E-state index in [0.29, 0.717) is 18.8 Å². The lowest BCUT2D eigenvalue weighted by atomic mass is 10.3. The molecular weight excluding hydrogens is 428 g/mol. The van der Waals surface area contributed by atoms with Crippen LogP contribution in [0.25, 0.3) is 10.2 Å². The Morgan fingerprint density at radius 3 is 2.62 bits per heavy atom. The lowest BCUT2D eigenvalue weighted by Crippen LogP contribution is -2.27. The average Bonchev–Trinajstić information content (AvgIpc) is 3.41. The van der Waals surface area contributed by atoms with Crippen molar-refractivity contribution in [3.63, 3.8) is 0 Å². The third-order valence-corrected chi connectivity index (χ3v) is 8.56. The van der Waals surface area contributed by atoms with Gasteiger partial charge in [0.05, 0.1) is 10.1 Å². The fraction of sp³-hybridized carbons (Fsp3) is 0.316. The van der Waals surface area contributed by atoms with Gasteiger partial charge in [0.2, 0.25) is 15.9 Å². The summed E-state index contributed by atoms with van der Waals surface area (Å²) < 4.78 is 26.7. The van der Waals surface area contributed by atoms with Crippen LogP contribution in [-0.2, 0) is 14.8 Å². The highest BCUT2D eigenvalue weighted by atomic mass is 32.2. The Bertz CT molecular complexity index is 1120. The van der Waals surface area contributed by atoms with Gasteiger partial charge in [-0.05, 0) is 55.5 Å². The van der Waals surface area contributed by atoms with E-state index in [2.05, 4.69) is 15.3 Å². The summed E-state index contributed by atoms with van der Waals surface area (Å²) in [7, 11) is -3.45. The number of carbonyl (C=O) groups excluding carboxylic acids is 1. The van der Waals surface area contributed by atoms with E-state index in [1.54, 1.807) is 24.3 Å². The van der Waals surface area contributed by atoms with Gasteiger partial charge in [-0.2, -0.15) is 4.31 Å². The van der Waals surface area contributed by atoms with E-state index in [4.69, 9.17) is 0 Å². The first-order chi connectivity index (χ1) is 13.9. The third kappa shape index (κ3) is 4.30. The predicted octanol–water partition coefficient (Wildman–Crippen LogP) is 3.60. The molecule has 2 aromatic heterocycles. The van der Waals surface area contributed by atoms with Crippen molar-refractivity contribution in [2.75, 3.05) is 18.4 Å². The molecule has 0 radical (unpaired) electrons. The van der Waals surface area contributed by atoms with E-state index < -0.39 is 10.0 Å². The molecule has 0 saturated carbocycles. The Labute approximate surface area is 177 Å². The Kier molecular flexibility index (Phi) is 5.86. The lowest BCUT2D eigenvalue weighted by molar-refractivity contribution is -0.115. The first kappa shape index (κ1) is 20.3. The maximum absolute atomic E-state index is 12.6. The van der Waals surface area contributed by atoms with Crippen LogP contribution in [0, 0.1) is 0 Å². The second-order valence-corrected chi connectivity index (χ2v) is 10.9. The van der Waals surface area contributed by atoms with Crippen LogP contribution in [0.4, 0.5) is 5.69 Å². The molecule has 1 aromatic carbocycles. The van der Waals surface area contributed by atoms with E-state index >= 15 is 0 Å². The number of thiophene rings is 1. The second-order valence-electron chi connectivity index (χ2n) is 6.70. The molecule has 29 heavy (non-hydrogen) atoms. The van der Waals surface area contributed by atoms with Gasteiger partial charge in [-0.25, -0.2) is 18.4 Å². The van der Waals surface area contributed by atoms with Crippen molar-refractivity contribution < 1.29 is 13.2 Å². The number of nitrogens with zero attached hydrogens (tertiary/aromatic N) is 3. The van der Waals surface area contributed by atoms with Crippen LogP contribution < -0.4 is 5.32 Å². The van der Waals surface area contributed by atoms with Crippen LogP contribution >= 0.6 is 23.1 Å². The number of carbonyl (C=O) groups is 1. The Morgan fingerprint density at radius 2 is 1.90 bits per heavy atom. The number of fused-ring (bicyclic) bond motifs is 1. The zero-order valence-electron chi connectivity index (χ0n) is 15.7. The molecular formula is C19H20N4O3S3. The van der Waals surface area contributed by atoms with Gasteiger partial charge < -0.3 is 5.32 Å². The number of hydrogen-bond donors (Lipinski definition) is 1. The standard InChI is InChI=1S/C19H20N4O3S3/c1-13(28-19-16-8-11-27-18(16)20-12-21-19)17(24)22-14-4-6-15(7-5-14)29(25,26)23-9-2-3-10-23/h4-8,11-13H,2-3,9-10H2,1H3,(H,22,24). The summed E-state index contributed by atoms with van der Waals surface area (Å²) in [6, 6.07) is 8.29. The van der Waals surface area contributed by atoms with E-state index in [1.807, 2.05) is 18.4 Å². The first-order valence-corrected chi connectivity index (χ1v) is 12.4. The molecule has 152 valence electrons. The van der Waals surface area contributed by atoms with Gasteiger partial charge in [-0.15, -0.1) is 11.3 Å². The molecule has 1 saturated heterocycles. The minimum Gasteiger partial charge on any atom is -0.325 e. The summed E-state index contributed by atoms with van der Waals surface area (Å²) in [6.07, 6.45) is 3.30. The molecule has 4 rings (SSSR count). The van der Waals surface area contributed by atoms with Crippen LogP contribution in [0.2, 0.25) is 0 Å². The third-order valence-electron chi connectivity index (χ3n) is 4.71. The monoisotopic (exact) mass is 448 g/mol. The smallest absolute Gasteiger partial charge is 0.243 e. The molecule has 0 spiro atoms. The Balaban J connectivity index is 1.42. The summed E-state index contributed by atoms with van der Waals surface area (Å²) in [5, 5.41) is 6.13. The van der Waals surface area contributed by atoms with Gasteiger partial charge in [0.25, 0.3) is 0 Å². The van der Waals surface area contributed by atoms with E-state index in [0.717, 1.165) is 28.1 Å². The number of amides is 1. The number of rotatable bonds is 6. The molecule has 10 heteroatoms. The molecule has 0 aliphatic carbocycles. The number of thioether (sulfide) groups is 1. The molecule has 1 fully saturated rings. The first-order valence-electron chi connectivity index (χ1n) is 9.21. The molecule has 1 atom stereocenters. The van der Waals surface area contributed by atoms with Crippen LogP contribution in [0.15, 0.2) is 52.0 Å². The number of benzene rings is 1. The van der Waals surface area contributed by atoms with Gasteiger partial charge in [-0.3, -0.25) is 4.79 Å². The summed E-state index contributed by atoms with van der Waals surface area (Å²) in [5.74, 6) is -0.174. The highest BCUT2D eigenvalue weighted by Crippen LogP contribution is 2.31. The van der Waals surface area contributed by atoms with Crippen molar-refractivity contribution >= 4 is 54.9 Å². The summed E-state index contributed by atoms with van der Waals surface area (Å²) >= 11 is 2.90. The number of sulfonamides is 1. The quantitative estimate of drug-likeness (QED) is 0.458. The molecule has 1 N–H and O–H groups in total. The highest BCUT2D eigenvalue weighted by molar-refractivity contribution is 8.00. The van der Waals surface area contributed by atoms with Crippen molar-refractivity contribution in [1.82, 2.24) is 14.3 Å². The predicted molar refractivity (Wildman–Crippen MR) is 116 cm³/mol. The minimum absolute atomic E-state index is 0.174. The maximum Gasteiger partial charge on any atom is 0.243 e. The fourth-order valence-electron chi connectivity index (χ4n) is 3.11. The van der Waals surface area contributed by atoms with Crippen LogP contribution in [0.5, 0.6) is 0 Å². The molecule has 1 aliphatic rings. The van der Waals surface area contributed by atoms with Crippen LogP contribution in [-0.4, -0.2) is 46.9 Å². The summed E-state index contributed by atoms with van der Waals surface area (Å²) in [5.41, 5.74) is 0.561. The SMILES string of the molecule is CC(Sc1ncnc2sccc12)C(=O)Nc1ccc(S(=O)(=O)N2CCCC2)cc1. The molecule has 1 unspecified atom stereocenters. The minimum atomic E-state index is -3.45. The number of hydrogen-bond acceptors (Lipinski definition) is 7. The van der Waals surface area contributed by atoms with Crippen molar-refractivity contribution in [2.45, 2.75) is 34.9 Å². The van der Waals surface area contributed by atoms with E-state index in [-0.39, 0.29) is 16.1 Å². The molecule has 1 amide bonds. The van der Waals surface area contributed by atoms with Crippen molar-refractivity contribution in [2.24, 2.45) is 0 Å². The van der Waals surface area contributed by atoms with Gasteiger partial charge >= 0.3 is 0 Å². The molecule has 3 heterocycles. The molecule has 7 nitrogen and oxygen atoms in total. The molecule has 0 bridgehead atoms. The normalized spacial score (nSPS) is 16.2. The number of anilines is 1. The van der Waals surface area contributed by atoms with Crippen LogP contribution in [0.3, 0.4) is 0 Å². The largest absolute Gasteiger partial charge is 0.325 e. The lowest BCUT2D eigenvalue weighted by Gasteiger charge is -2.16. The Hall–Kier alpha value is -2.01. The Morgan fingerprint density at radius 1 is 1.17 bits per heavy atom. The van der Waals surface area contributed by atoms with Gasteiger partial charge in [0.15, 0.2) is 0 Å². The number of aromatic nitrogens is 2.